The molecule has 0 bridgehead atoms. The zero-order valence-corrected chi connectivity index (χ0v) is 16.7. The van der Waals surface area contributed by atoms with Crippen LogP contribution in [0.1, 0.15) is 46.4 Å². The van der Waals surface area contributed by atoms with E-state index in [1.54, 1.807) is 32.2 Å². The maximum absolute atomic E-state index is 12.3. The number of nitrogens with zero attached hydrogens (tertiary/aromatic N) is 5. The van der Waals surface area contributed by atoms with Gasteiger partial charge in [0.2, 0.25) is 5.91 Å². The molecule has 1 aliphatic heterocycles. The predicted molar refractivity (Wildman–Crippen MR) is 103 cm³/mol. The quantitative estimate of drug-likeness (QED) is 0.791. The molecule has 0 unspecified atom stereocenters. The average Bonchev–Trinajstić information content (AvgIpc) is 3.27. The molecule has 1 saturated heterocycles. The van der Waals surface area contributed by atoms with Crippen LogP contribution in [0.25, 0.3) is 5.65 Å². The Labute approximate surface area is 163 Å². The largest absolute Gasteiger partial charge is 0.444 e. The van der Waals surface area contributed by atoms with Gasteiger partial charge in [-0.15, -0.1) is 15.3 Å². The highest BCUT2D eigenvalue weighted by molar-refractivity contribution is 5.85. The topological polar surface area (TPSA) is 114 Å². The van der Waals surface area contributed by atoms with Crippen molar-refractivity contribution in [3.63, 3.8) is 0 Å². The van der Waals surface area contributed by atoms with Crippen LogP contribution in [0.2, 0.25) is 0 Å². The highest BCUT2D eigenvalue weighted by atomic mass is 16.6. The zero-order valence-electron chi connectivity index (χ0n) is 16.7. The number of rotatable bonds is 5. The Morgan fingerprint density at radius 1 is 1.21 bits per heavy atom. The molecule has 3 rings (SSSR count). The second-order valence-electron chi connectivity index (χ2n) is 7.86. The summed E-state index contributed by atoms with van der Waals surface area (Å²) in [6.45, 7) is 8.99. The molecular weight excluding hydrogens is 362 g/mol. The second kappa shape index (κ2) is 7.99. The van der Waals surface area contributed by atoms with Crippen molar-refractivity contribution in [2.75, 3.05) is 18.0 Å². The number of fused-ring (bicyclic) bond motifs is 1. The van der Waals surface area contributed by atoms with Crippen LogP contribution in [0.5, 0.6) is 0 Å². The number of ether oxygens (including phenoxy) is 1. The fourth-order valence-electron chi connectivity index (χ4n) is 2.92. The molecule has 2 amide bonds. The van der Waals surface area contributed by atoms with Crippen LogP contribution in [-0.2, 0) is 16.1 Å². The number of amides is 2. The number of anilines is 1. The van der Waals surface area contributed by atoms with Crippen LogP contribution in [0.15, 0.2) is 12.1 Å². The smallest absolute Gasteiger partial charge is 0.408 e. The Bertz CT molecular complexity index is 852. The summed E-state index contributed by atoms with van der Waals surface area (Å²) in [5.74, 6) is 1.05. The van der Waals surface area contributed by atoms with Crippen LogP contribution in [0.3, 0.4) is 0 Å². The maximum Gasteiger partial charge on any atom is 0.408 e. The van der Waals surface area contributed by atoms with E-state index < -0.39 is 17.7 Å². The number of alkyl carbamates (subject to hydrolysis) is 1. The molecule has 0 aromatic carbocycles. The minimum Gasteiger partial charge on any atom is -0.444 e. The van der Waals surface area contributed by atoms with Gasteiger partial charge in [0, 0.05) is 13.1 Å². The summed E-state index contributed by atoms with van der Waals surface area (Å²) in [5, 5.41) is 18.1. The van der Waals surface area contributed by atoms with Gasteiger partial charge in [-0.05, 0) is 52.7 Å². The molecule has 1 fully saturated rings. The molecule has 1 atom stereocenters. The van der Waals surface area contributed by atoms with Crippen LogP contribution in [0, 0.1) is 0 Å². The Hall–Kier alpha value is -2.91. The maximum atomic E-state index is 12.3. The minimum absolute atomic E-state index is 0.150. The van der Waals surface area contributed by atoms with Crippen LogP contribution < -0.4 is 15.5 Å². The van der Waals surface area contributed by atoms with Gasteiger partial charge in [-0.2, -0.15) is 4.52 Å². The Morgan fingerprint density at radius 2 is 1.93 bits per heavy atom. The summed E-state index contributed by atoms with van der Waals surface area (Å²) in [5.41, 5.74) is -0.00786. The highest BCUT2D eigenvalue weighted by Crippen LogP contribution is 2.18. The Morgan fingerprint density at radius 3 is 2.61 bits per heavy atom. The van der Waals surface area contributed by atoms with Gasteiger partial charge in [0.15, 0.2) is 11.5 Å². The van der Waals surface area contributed by atoms with E-state index in [1.807, 2.05) is 12.1 Å². The molecule has 2 N–H and O–H groups in total. The van der Waals surface area contributed by atoms with Gasteiger partial charge < -0.3 is 20.3 Å². The monoisotopic (exact) mass is 389 g/mol. The predicted octanol–water partition coefficient (Wildman–Crippen LogP) is 1.25. The van der Waals surface area contributed by atoms with Crippen molar-refractivity contribution in [2.45, 2.75) is 58.7 Å². The molecule has 0 spiro atoms. The van der Waals surface area contributed by atoms with Gasteiger partial charge >= 0.3 is 6.09 Å². The molecule has 3 heterocycles. The van der Waals surface area contributed by atoms with Gasteiger partial charge in [-0.1, -0.05) is 0 Å². The summed E-state index contributed by atoms with van der Waals surface area (Å²) in [6.07, 6.45) is 1.68. The third kappa shape index (κ3) is 4.87. The van der Waals surface area contributed by atoms with E-state index >= 15 is 0 Å². The molecule has 10 nitrogen and oxygen atoms in total. The Balaban J connectivity index is 1.60. The number of carbonyl (C=O) groups excluding carboxylic acids is 2. The van der Waals surface area contributed by atoms with E-state index in [1.165, 1.54) is 0 Å². The highest BCUT2D eigenvalue weighted by Gasteiger charge is 2.21. The van der Waals surface area contributed by atoms with Crippen molar-refractivity contribution in [2.24, 2.45) is 0 Å². The van der Waals surface area contributed by atoms with Crippen molar-refractivity contribution in [1.82, 2.24) is 30.4 Å². The van der Waals surface area contributed by atoms with E-state index in [0.717, 1.165) is 31.7 Å². The van der Waals surface area contributed by atoms with Gasteiger partial charge in [0.25, 0.3) is 0 Å². The van der Waals surface area contributed by atoms with Crippen LogP contribution in [0.4, 0.5) is 10.6 Å². The molecule has 0 radical (unpaired) electrons. The zero-order chi connectivity index (χ0) is 20.3. The van der Waals surface area contributed by atoms with Crippen molar-refractivity contribution in [1.29, 1.82) is 0 Å². The fraction of sp³-hybridized carbons (Fsp3) is 0.611. The minimum atomic E-state index is -0.748. The van der Waals surface area contributed by atoms with Crippen molar-refractivity contribution in [3.8, 4) is 0 Å². The molecule has 2 aromatic heterocycles. The first-order valence-electron chi connectivity index (χ1n) is 9.46. The number of carbonyl (C=O) groups is 2. The second-order valence-corrected chi connectivity index (χ2v) is 7.86. The van der Waals surface area contributed by atoms with Gasteiger partial charge in [0.05, 0.1) is 6.54 Å². The van der Waals surface area contributed by atoms with Gasteiger partial charge in [-0.3, -0.25) is 4.79 Å². The number of hydrogen-bond acceptors (Lipinski definition) is 7. The fourth-order valence-corrected chi connectivity index (χ4v) is 2.92. The van der Waals surface area contributed by atoms with Gasteiger partial charge in [0.1, 0.15) is 17.5 Å². The molecule has 28 heavy (non-hydrogen) atoms. The van der Waals surface area contributed by atoms with Crippen molar-refractivity contribution in [3.05, 3.63) is 18.0 Å². The molecular formula is C18H27N7O3. The summed E-state index contributed by atoms with van der Waals surface area (Å²) in [6, 6.07) is 3.05. The molecule has 0 saturated carbocycles. The summed E-state index contributed by atoms with van der Waals surface area (Å²) in [4.78, 5) is 26.3. The third-order valence-electron chi connectivity index (χ3n) is 4.29. The van der Waals surface area contributed by atoms with E-state index in [-0.39, 0.29) is 12.5 Å². The number of nitrogens with one attached hydrogen (secondary N) is 2. The third-order valence-corrected chi connectivity index (χ3v) is 4.29. The van der Waals surface area contributed by atoms with E-state index in [0.29, 0.717) is 11.5 Å². The normalized spacial score (nSPS) is 15.5. The lowest BCUT2D eigenvalue weighted by molar-refractivity contribution is -0.123. The molecule has 10 heteroatoms. The van der Waals surface area contributed by atoms with E-state index in [2.05, 4.69) is 30.8 Å². The number of hydrogen-bond donors (Lipinski definition) is 2. The lowest BCUT2D eigenvalue weighted by atomic mass is 10.2. The standard InChI is InChI=1S/C18H27N7O3/c1-12(20-17(27)28-18(2,3)4)16(26)19-11-15-22-21-13-7-8-14(23-25(13)15)24-9-5-6-10-24/h7-8,12H,5-6,9-11H2,1-4H3,(H,19,26)(H,20,27)/t12-/m1/s1. The van der Waals surface area contributed by atoms with Crippen molar-refractivity contribution < 1.29 is 14.3 Å². The average molecular weight is 389 g/mol. The first-order chi connectivity index (χ1) is 13.2. The van der Waals surface area contributed by atoms with E-state index in [4.69, 9.17) is 4.74 Å². The lowest BCUT2D eigenvalue weighted by Crippen LogP contribution is -2.46. The first-order valence-corrected chi connectivity index (χ1v) is 9.46. The molecule has 152 valence electrons. The SMILES string of the molecule is C[C@@H](NC(=O)OC(C)(C)C)C(=O)NCc1nnc2ccc(N3CCCC3)nn12. The summed E-state index contributed by atoms with van der Waals surface area (Å²) < 4.78 is 6.80. The van der Waals surface area contributed by atoms with Crippen LogP contribution in [-0.4, -0.2) is 56.5 Å². The van der Waals surface area contributed by atoms with E-state index in [9.17, 15) is 9.59 Å². The van der Waals surface area contributed by atoms with Crippen LogP contribution >= 0.6 is 0 Å². The van der Waals surface area contributed by atoms with Crippen molar-refractivity contribution >= 4 is 23.5 Å². The first kappa shape index (κ1) is 19.8. The Kier molecular flexibility index (Phi) is 5.66. The number of aromatic nitrogens is 4. The lowest BCUT2D eigenvalue weighted by Gasteiger charge is -2.21. The van der Waals surface area contributed by atoms with Gasteiger partial charge in [-0.25, -0.2) is 4.79 Å². The molecule has 0 aliphatic carbocycles. The summed E-state index contributed by atoms with van der Waals surface area (Å²) >= 11 is 0. The summed E-state index contributed by atoms with van der Waals surface area (Å²) in [7, 11) is 0. The molecule has 1 aliphatic rings. The molecule has 2 aromatic rings.